The van der Waals surface area contributed by atoms with Crippen LogP contribution in [0.2, 0.25) is 5.02 Å². The third-order valence-corrected chi connectivity index (χ3v) is 5.27. The summed E-state index contributed by atoms with van der Waals surface area (Å²) in [7, 11) is -3.54. The number of hydrogen-bond donors (Lipinski definition) is 2. The Kier molecular flexibility index (Phi) is 3.69. The SMILES string of the molecule is CC(CN)(NS(=O)(=O)c1ccc(Cl)cc1)C1CC1. The first-order valence-electron chi connectivity index (χ1n) is 5.87. The lowest BCUT2D eigenvalue weighted by Crippen LogP contribution is -2.52. The Balaban J connectivity index is 2.23. The van der Waals surface area contributed by atoms with E-state index in [1.807, 2.05) is 6.92 Å². The summed E-state index contributed by atoms with van der Waals surface area (Å²) in [5.74, 6) is 0.338. The summed E-state index contributed by atoms with van der Waals surface area (Å²) < 4.78 is 27.2. The molecule has 0 spiro atoms. The molecule has 1 aromatic carbocycles. The fourth-order valence-corrected chi connectivity index (χ4v) is 3.59. The van der Waals surface area contributed by atoms with Crippen molar-refractivity contribution >= 4 is 21.6 Å². The second-order valence-corrected chi connectivity index (χ2v) is 7.07. The lowest BCUT2D eigenvalue weighted by Gasteiger charge is -2.29. The summed E-state index contributed by atoms with van der Waals surface area (Å²) in [6.07, 6.45) is 2.05. The summed E-state index contributed by atoms with van der Waals surface area (Å²) in [6.45, 7) is 2.16. The third-order valence-electron chi connectivity index (χ3n) is 3.39. The Morgan fingerprint density at radius 1 is 1.39 bits per heavy atom. The summed E-state index contributed by atoms with van der Waals surface area (Å²) >= 11 is 5.75. The molecule has 1 saturated carbocycles. The van der Waals surface area contributed by atoms with E-state index in [1.165, 1.54) is 12.1 Å². The van der Waals surface area contributed by atoms with E-state index >= 15 is 0 Å². The molecule has 0 heterocycles. The molecule has 2 rings (SSSR count). The Hall–Kier alpha value is -0.620. The summed E-state index contributed by atoms with van der Waals surface area (Å²) in [5.41, 5.74) is 5.15. The van der Waals surface area contributed by atoms with Crippen LogP contribution >= 0.6 is 11.6 Å². The first-order valence-corrected chi connectivity index (χ1v) is 7.73. The molecule has 0 bridgehead atoms. The van der Waals surface area contributed by atoms with Gasteiger partial charge in [0.15, 0.2) is 0 Å². The van der Waals surface area contributed by atoms with E-state index in [9.17, 15) is 8.42 Å². The maximum atomic E-state index is 12.2. The van der Waals surface area contributed by atoms with Crippen molar-refractivity contribution < 1.29 is 8.42 Å². The van der Waals surface area contributed by atoms with Gasteiger partial charge in [0.05, 0.1) is 4.90 Å². The molecule has 0 saturated heterocycles. The van der Waals surface area contributed by atoms with Crippen molar-refractivity contribution in [3.63, 3.8) is 0 Å². The maximum Gasteiger partial charge on any atom is 0.241 e. The Morgan fingerprint density at radius 3 is 2.39 bits per heavy atom. The first kappa shape index (κ1) is 13.8. The molecule has 0 aromatic heterocycles. The largest absolute Gasteiger partial charge is 0.329 e. The number of halogens is 1. The lowest BCUT2D eigenvalue weighted by molar-refractivity contribution is 0.374. The monoisotopic (exact) mass is 288 g/mol. The van der Waals surface area contributed by atoms with Crippen molar-refractivity contribution in [3.05, 3.63) is 29.3 Å². The fourth-order valence-electron chi connectivity index (χ4n) is 1.99. The molecule has 0 aliphatic heterocycles. The van der Waals surface area contributed by atoms with Gasteiger partial charge in [-0.15, -0.1) is 0 Å². The molecule has 1 atom stereocenters. The van der Waals surface area contributed by atoms with Gasteiger partial charge in [-0.25, -0.2) is 13.1 Å². The minimum Gasteiger partial charge on any atom is -0.329 e. The Bertz CT molecular complexity index is 526. The minimum absolute atomic E-state index is 0.215. The highest BCUT2D eigenvalue weighted by molar-refractivity contribution is 7.89. The van der Waals surface area contributed by atoms with Crippen LogP contribution in [0.5, 0.6) is 0 Å². The van der Waals surface area contributed by atoms with Crippen molar-refractivity contribution in [2.45, 2.75) is 30.2 Å². The molecule has 6 heteroatoms. The summed E-state index contributed by atoms with van der Waals surface area (Å²) in [5, 5.41) is 0.512. The van der Waals surface area contributed by atoms with E-state index in [1.54, 1.807) is 12.1 Å². The molecule has 18 heavy (non-hydrogen) atoms. The fraction of sp³-hybridized carbons (Fsp3) is 0.500. The average molecular weight is 289 g/mol. The van der Waals surface area contributed by atoms with Crippen molar-refractivity contribution in [1.29, 1.82) is 0 Å². The number of nitrogens with two attached hydrogens (primary N) is 1. The van der Waals surface area contributed by atoms with Gasteiger partial charge >= 0.3 is 0 Å². The zero-order valence-electron chi connectivity index (χ0n) is 10.2. The number of nitrogens with one attached hydrogen (secondary N) is 1. The van der Waals surface area contributed by atoms with Gasteiger partial charge in [-0.2, -0.15) is 0 Å². The number of benzene rings is 1. The minimum atomic E-state index is -3.54. The van der Waals surface area contributed by atoms with Gasteiger partial charge in [0.1, 0.15) is 0 Å². The summed E-state index contributed by atoms with van der Waals surface area (Å²) in [6, 6.07) is 6.11. The van der Waals surface area contributed by atoms with E-state index in [4.69, 9.17) is 17.3 Å². The maximum absolute atomic E-state index is 12.2. The highest BCUT2D eigenvalue weighted by Gasteiger charge is 2.43. The highest BCUT2D eigenvalue weighted by atomic mass is 35.5. The van der Waals surface area contributed by atoms with Crippen molar-refractivity contribution in [3.8, 4) is 0 Å². The van der Waals surface area contributed by atoms with E-state index < -0.39 is 15.6 Å². The van der Waals surface area contributed by atoms with Crippen LogP contribution in [0.4, 0.5) is 0 Å². The van der Waals surface area contributed by atoms with Crippen LogP contribution < -0.4 is 10.5 Å². The zero-order valence-corrected chi connectivity index (χ0v) is 11.8. The van der Waals surface area contributed by atoms with E-state index in [2.05, 4.69) is 4.72 Å². The van der Waals surface area contributed by atoms with Gasteiger partial charge in [-0.1, -0.05) is 11.6 Å². The molecular weight excluding hydrogens is 272 g/mol. The van der Waals surface area contributed by atoms with Crippen LogP contribution in [-0.2, 0) is 10.0 Å². The van der Waals surface area contributed by atoms with Gasteiger partial charge in [-0.3, -0.25) is 0 Å². The smallest absolute Gasteiger partial charge is 0.241 e. The lowest BCUT2D eigenvalue weighted by atomic mass is 9.98. The highest BCUT2D eigenvalue weighted by Crippen LogP contribution is 2.39. The Morgan fingerprint density at radius 2 is 1.94 bits per heavy atom. The Labute approximate surface area is 113 Å². The predicted molar refractivity (Wildman–Crippen MR) is 72.0 cm³/mol. The van der Waals surface area contributed by atoms with Crippen LogP contribution in [0.1, 0.15) is 19.8 Å². The first-order chi connectivity index (χ1) is 8.37. The molecule has 0 amide bonds. The normalized spacial score (nSPS) is 19.5. The van der Waals surface area contributed by atoms with Crippen molar-refractivity contribution in [2.75, 3.05) is 6.54 Å². The van der Waals surface area contributed by atoms with Crippen LogP contribution in [0.3, 0.4) is 0 Å². The van der Waals surface area contributed by atoms with Crippen LogP contribution in [-0.4, -0.2) is 20.5 Å². The van der Waals surface area contributed by atoms with Gasteiger partial charge in [0.2, 0.25) is 10.0 Å². The van der Waals surface area contributed by atoms with Crippen molar-refractivity contribution in [1.82, 2.24) is 4.72 Å². The molecule has 3 N–H and O–H groups in total. The molecule has 1 fully saturated rings. The van der Waals surface area contributed by atoms with E-state index in [0.717, 1.165) is 12.8 Å². The van der Waals surface area contributed by atoms with Crippen LogP contribution in [0.25, 0.3) is 0 Å². The van der Waals surface area contributed by atoms with Gasteiger partial charge in [0, 0.05) is 17.1 Å². The second-order valence-electron chi connectivity index (χ2n) is 4.96. The standard InChI is InChI=1S/C12H17ClN2O2S/c1-12(8-14,9-2-3-9)15-18(16,17)11-6-4-10(13)5-7-11/h4-7,9,15H,2-3,8,14H2,1H3. The predicted octanol–water partition coefficient (Wildman–Crippen LogP) is 1.75. The number of rotatable bonds is 5. The zero-order chi connectivity index (χ0) is 13.4. The average Bonchev–Trinajstić information content (AvgIpc) is 3.13. The number of hydrogen-bond acceptors (Lipinski definition) is 3. The van der Waals surface area contributed by atoms with Crippen LogP contribution in [0.15, 0.2) is 29.2 Å². The van der Waals surface area contributed by atoms with Gasteiger partial charge < -0.3 is 5.73 Å². The van der Waals surface area contributed by atoms with Crippen molar-refractivity contribution in [2.24, 2.45) is 11.7 Å². The molecular formula is C12H17ClN2O2S. The van der Waals surface area contributed by atoms with Gasteiger partial charge in [-0.05, 0) is 49.9 Å². The summed E-state index contributed by atoms with van der Waals surface area (Å²) in [4.78, 5) is 0.215. The van der Waals surface area contributed by atoms with Crippen LogP contribution in [0, 0.1) is 5.92 Å². The molecule has 1 aliphatic carbocycles. The number of sulfonamides is 1. The molecule has 100 valence electrons. The third kappa shape index (κ3) is 2.85. The van der Waals surface area contributed by atoms with E-state index in [-0.39, 0.29) is 4.90 Å². The second kappa shape index (κ2) is 4.81. The molecule has 1 aliphatic rings. The topological polar surface area (TPSA) is 72.2 Å². The quantitative estimate of drug-likeness (QED) is 0.867. The molecule has 1 aromatic rings. The molecule has 1 unspecified atom stereocenters. The van der Waals surface area contributed by atoms with E-state index in [0.29, 0.717) is 17.5 Å². The molecule has 4 nitrogen and oxygen atoms in total. The molecule has 0 radical (unpaired) electrons. The van der Waals surface area contributed by atoms with Gasteiger partial charge in [0.25, 0.3) is 0 Å².